The molecule has 0 radical (unpaired) electrons. The maximum absolute atomic E-state index is 10.4. The van der Waals surface area contributed by atoms with Crippen molar-refractivity contribution in [1.29, 1.82) is 0 Å². The van der Waals surface area contributed by atoms with Crippen LogP contribution in [0.5, 0.6) is 0 Å². The minimum atomic E-state index is -0.302. The number of hydrogen-bond donors (Lipinski definition) is 3. The van der Waals surface area contributed by atoms with Gasteiger partial charge >= 0.3 is 0 Å². The van der Waals surface area contributed by atoms with E-state index in [0.29, 0.717) is 6.42 Å². The normalized spacial score (nSPS) is 9.40. The predicted octanol–water partition coefficient (Wildman–Crippen LogP) is -0.706. The molecule has 0 spiro atoms. The van der Waals surface area contributed by atoms with E-state index in [4.69, 9.17) is 5.21 Å². The minimum absolute atomic E-state index is 0.302. The summed E-state index contributed by atoms with van der Waals surface area (Å²) in [5.74, 6) is -0.302. The van der Waals surface area contributed by atoms with Crippen molar-refractivity contribution >= 4 is 5.91 Å². The summed E-state index contributed by atoms with van der Waals surface area (Å²) in [5.41, 5.74) is 5.26. The number of nitrogens with one attached hydrogen (secondary N) is 1. The van der Waals surface area contributed by atoms with Crippen LogP contribution in [-0.4, -0.2) is 17.7 Å². The van der Waals surface area contributed by atoms with Crippen molar-refractivity contribution < 1.29 is 15.7 Å². The van der Waals surface area contributed by atoms with E-state index in [-0.39, 0.29) is 5.91 Å². The van der Waals surface area contributed by atoms with E-state index in [0.717, 1.165) is 25.8 Å². The molecule has 0 saturated carbocycles. The number of hydroxylamine groups is 1. The Morgan fingerprint density at radius 2 is 2.10 bits per heavy atom. The standard InChI is InChI=1S/C6H14N2O2/c7-5-3-1-2-4-6(9)8-10/h10H,1-5,7H2,(H,8,9)/p+1. The molecule has 1 amide bonds. The molecule has 0 aromatic rings. The van der Waals surface area contributed by atoms with Crippen LogP contribution in [0.2, 0.25) is 0 Å². The molecule has 0 aliphatic heterocycles. The molecule has 4 nitrogen and oxygen atoms in total. The van der Waals surface area contributed by atoms with E-state index >= 15 is 0 Å². The summed E-state index contributed by atoms with van der Waals surface area (Å²) in [5, 5.41) is 8.08. The Labute approximate surface area is 60.4 Å². The molecule has 60 valence electrons. The molecule has 0 fully saturated rings. The monoisotopic (exact) mass is 147 g/mol. The van der Waals surface area contributed by atoms with Crippen molar-refractivity contribution in [1.82, 2.24) is 5.48 Å². The summed E-state index contributed by atoms with van der Waals surface area (Å²) in [4.78, 5) is 10.4. The average Bonchev–Trinajstić information content (AvgIpc) is 1.98. The zero-order valence-electron chi connectivity index (χ0n) is 6.10. The van der Waals surface area contributed by atoms with Gasteiger partial charge < -0.3 is 5.73 Å². The highest BCUT2D eigenvalue weighted by atomic mass is 16.5. The van der Waals surface area contributed by atoms with E-state index in [1.54, 1.807) is 5.48 Å². The van der Waals surface area contributed by atoms with Crippen LogP contribution < -0.4 is 11.2 Å². The van der Waals surface area contributed by atoms with Crippen molar-refractivity contribution in [2.45, 2.75) is 25.7 Å². The molecule has 4 heteroatoms. The fraction of sp³-hybridized carbons (Fsp3) is 0.833. The van der Waals surface area contributed by atoms with Gasteiger partial charge in [-0.3, -0.25) is 10.0 Å². The molecule has 0 saturated heterocycles. The third kappa shape index (κ3) is 5.53. The highest BCUT2D eigenvalue weighted by Crippen LogP contribution is 1.96. The summed E-state index contributed by atoms with van der Waals surface area (Å²) >= 11 is 0. The zero-order chi connectivity index (χ0) is 7.82. The lowest BCUT2D eigenvalue weighted by Gasteiger charge is -1.96. The van der Waals surface area contributed by atoms with Crippen LogP contribution in [0.15, 0.2) is 0 Å². The van der Waals surface area contributed by atoms with Crippen LogP contribution >= 0.6 is 0 Å². The summed E-state index contributed by atoms with van der Waals surface area (Å²) in [6, 6.07) is 0. The number of hydrogen-bond acceptors (Lipinski definition) is 2. The van der Waals surface area contributed by atoms with E-state index in [9.17, 15) is 4.79 Å². The lowest BCUT2D eigenvalue weighted by molar-refractivity contribution is -0.368. The Morgan fingerprint density at radius 1 is 1.40 bits per heavy atom. The molecule has 0 atom stereocenters. The zero-order valence-corrected chi connectivity index (χ0v) is 6.10. The van der Waals surface area contributed by atoms with Gasteiger partial charge in [0.05, 0.1) is 6.54 Å². The minimum Gasteiger partial charge on any atom is -0.358 e. The number of unbranched alkanes of at least 4 members (excludes halogenated alkanes) is 2. The second kappa shape index (κ2) is 6.51. The van der Waals surface area contributed by atoms with Gasteiger partial charge in [-0.25, -0.2) is 5.48 Å². The van der Waals surface area contributed by atoms with Crippen LogP contribution in [0.25, 0.3) is 0 Å². The topological polar surface area (TPSA) is 77.0 Å². The van der Waals surface area contributed by atoms with Gasteiger partial charge in [-0.05, 0) is 19.3 Å². The number of carbonyl (C=O) groups excluding carboxylic acids is 1. The van der Waals surface area contributed by atoms with E-state index in [1.807, 2.05) is 0 Å². The molecule has 0 heterocycles. The smallest absolute Gasteiger partial charge is 0.243 e. The van der Waals surface area contributed by atoms with E-state index in [2.05, 4.69) is 5.73 Å². The number of carbonyl (C=O) groups is 1. The maximum atomic E-state index is 10.4. The molecule has 0 aliphatic rings. The Hall–Kier alpha value is -0.610. The second-order valence-corrected chi connectivity index (χ2v) is 2.20. The number of rotatable bonds is 5. The first-order valence-corrected chi connectivity index (χ1v) is 3.53. The van der Waals surface area contributed by atoms with E-state index < -0.39 is 0 Å². The molecule has 5 N–H and O–H groups in total. The molecule has 0 aliphatic carbocycles. The van der Waals surface area contributed by atoms with E-state index in [1.165, 1.54) is 0 Å². The summed E-state index contributed by atoms with van der Waals surface area (Å²) < 4.78 is 0. The average molecular weight is 147 g/mol. The lowest BCUT2D eigenvalue weighted by Crippen LogP contribution is -2.50. The van der Waals surface area contributed by atoms with Crippen molar-refractivity contribution in [3.63, 3.8) is 0 Å². The van der Waals surface area contributed by atoms with Crippen LogP contribution in [0, 0.1) is 0 Å². The Kier molecular flexibility index (Phi) is 6.11. The first-order valence-electron chi connectivity index (χ1n) is 3.53. The van der Waals surface area contributed by atoms with Crippen molar-refractivity contribution in [2.24, 2.45) is 0 Å². The van der Waals surface area contributed by atoms with Crippen molar-refractivity contribution in [3.05, 3.63) is 0 Å². The SMILES string of the molecule is [NH3+]CCCCCC(=O)NO. The Morgan fingerprint density at radius 3 is 2.60 bits per heavy atom. The number of quaternary nitrogens is 1. The van der Waals surface area contributed by atoms with Crippen LogP contribution in [0.1, 0.15) is 25.7 Å². The lowest BCUT2D eigenvalue weighted by atomic mass is 10.2. The first kappa shape index (κ1) is 9.39. The fourth-order valence-corrected chi connectivity index (χ4v) is 0.695. The van der Waals surface area contributed by atoms with Gasteiger partial charge in [0.25, 0.3) is 0 Å². The van der Waals surface area contributed by atoms with Gasteiger partial charge in [0.15, 0.2) is 0 Å². The Balaban J connectivity index is 2.96. The molecule has 0 aromatic heterocycles. The maximum Gasteiger partial charge on any atom is 0.243 e. The second-order valence-electron chi connectivity index (χ2n) is 2.20. The molecular weight excluding hydrogens is 132 g/mol. The largest absolute Gasteiger partial charge is 0.358 e. The highest BCUT2D eigenvalue weighted by Gasteiger charge is 1.96. The van der Waals surface area contributed by atoms with Gasteiger partial charge in [0.2, 0.25) is 5.91 Å². The quantitative estimate of drug-likeness (QED) is 0.273. The Bertz CT molecular complexity index is 95.7. The molecular formula is C6H15N2O2+. The van der Waals surface area contributed by atoms with Gasteiger partial charge in [0.1, 0.15) is 0 Å². The van der Waals surface area contributed by atoms with Crippen molar-refractivity contribution in [2.75, 3.05) is 6.54 Å². The third-order valence-electron chi connectivity index (χ3n) is 1.28. The van der Waals surface area contributed by atoms with Gasteiger partial charge in [0, 0.05) is 6.42 Å². The van der Waals surface area contributed by atoms with Crippen LogP contribution in [0.3, 0.4) is 0 Å². The fourth-order valence-electron chi connectivity index (χ4n) is 0.695. The van der Waals surface area contributed by atoms with Gasteiger partial charge in [-0.15, -0.1) is 0 Å². The molecule has 0 bridgehead atoms. The predicted molar refractivity (Wildman–Crippen MR) is 36.2 cm³/mol. The third-order valence-corrected chi connectivity index (χ3v) is 1.28. The van der Waals surface area contributed by atoms with Gasteiger partial charge in [-0.1, -0.05) is 0 Å². The molecule has 0 unspecified atom stereocenters. The summed E-state index contributed by atoms with van der Waals surface area (Å²) in [6.07, 6.45) is 3.31. The molecule has 0 rings (SSSR count). The summed E-state index contributed by atoms with van der Waals surface area (Å²) in [6.45, 7) is 0.917. The first-order chi connectivity index (χ1) is 4.81. The highest BCUT2D eigenvalue weighted by molar-refractivity contribution is 5.74. The number of amides is 1. The molecule has 10 heavy (non-hydrogen) atoms. The van der Waals surface area contributed by atoms with Crippen LogP contribution in [0.4, 0.5) is 0 Å². The van der Waals surface area contributed by atoms with Crippen LogP contribution in [-0.2, 0) is 4.79 Å². The van der Waals surface area contributed by atoms with Crippen molar-refractivity contribution in [3.8, 4) is 0 Å². The summed E-state index contributed by atoms with van der Waals surface area (Å²) in [7, 11) is 0. The van der Waals surface area contributed by atoms with Gasteiger partial charge in [-0.2, -0.15) is 0 Å². The molecule has 0 aromatic carbocycles.